The van der Waals surface area contributed by atoms with Crippen LogP contribution in [-0.2, 0) is 23.7 Å². The quantitative estimate of drug-likeness (QED) is 0.438. The van der Waals surface area contributed by atoms with Gasteiger partial charge in [-0.15, -0.1) is 0 Å². The molecule has 4 rings (SSSR count). The number of aromatic nitrogens is 1. The molecule has 2 fully saturated rings. The minimum absolute atomic E-state index is 0.0977. The van der Waals surface area contributed by atoms with Gasteiger partial charge in [-0.25, -0.2) is 9.59 Å². The van der Waals surface area contributed by atoms with Gasteiger partial charge in [-0.2, -0.15) is 0 Å². The van der Waals surface area contributed by atoms with Gasteiger partial charge in [0.15, 0.2) is 12.2 Å². The van der Waals surface area contributed by atoms with Crippen LogP contribution in [-0.4, -0.2) is 60.5 Å². The summed E-state index contributed by atoms with van der Waals surface area (Å²) >= 11 is 0. The number of pyridine rings is 1. The van der Waals surface area contributed by atoms with Crippen molar-refractivity contribution in [3.63, 3.8) is 0 Å². The first-order chi connectivity index (χ1) is 16.1. The standard InChI is InChI=1S/C24H25NO8/c1-2-3-10-20(26)31-17-9-5-4-8-16(17)24(28)33-19-14-30-21-18(13-29-22(19)21)32-23(27)15-7-6-11-25-12-15/h4-9,11-12,18-19,21-22H,2-3,10,13-14H2,1H3/t18?,19-,21+,22+/m0/s1. The summed E-state index contributed by atoms with van der Waals surface area (Å²) in [6.45, 7) is 2.20. The molecule has 9 nitrogen and oxygen atoms in total. The molecule has 0 saturated carbocycles. The highest BCUT2D eigenvalue weighted by atomic mass is 16.7. The van der Waals surface area contributed by atoms with E-state index in [9.17, 15) is 14.4 Å². The Morgan fingerprint density at radius 1 is 0.970 bits per heavy atom. The van der Waals surface area contributed by atoms with Gasteiger partial charge in [-0.05, 0) is 30.7 Å². The van der Waals surface area contributed by atoms with Gasteiger partial charge < -0.3 is 23.7 Å². The fraction of sp³-hybridized carbons (Fsp3) is 0.417. The Kier molecular flexibility index (Phi) is 7.31. The molecule has 174 valence electrons. The van der Waals surface area contributed by atoms with Crippen LogP contribution in [0, 0.1) is 0 Å². The number of carbonyl (C=O) groups is 3. The molecule has 0 radical (unpaired) electrons. The molecule has 9 heteroatoms. The number of hydrogen-bond acceptors (Lipinski definition) is 9. The first-order valence-corrected chi connectivity index (χ1v) is 10.9. The minimum atomic E-state index is -0.687. The second-order valence-electron chi connectivity index (χ2n) is 7.80. The molecular weight excluding hydrogens is 430 g/mol. The largest absolute Gasteiger partial charge is 0.453 e. The van der Waals surface area contributed by atoms with E-state index in [0.717, 1.165) is 6.42 Å². The molecule has 0 spiro atoms. The third-order valence-corrected chi connectivity index (χ3v) is 5.44. The average Bonchev–Trinajstić information content (AvgIpc) is 3.42. The van der Waals surface area contributed by atoms with Gasteiger partial charge in [-0.3, -0.25) is 9.78 Å². The molecule has 0 amide bonds. The SMILES string of the molecule is CCCCC(=O)Oc1ccccc1C(=O)O[C@H]1CO[C@@H]2C(OC(=O)c3cccnc3)CO[C@H]12. The molecule has 0 bridgehead atoms. The van der Waals surface area contributed by atoms with E-state index < -0.39 is 42.3 Å². The Balaban J connectivity index is 1.36. The number of benzene rings is 1. The molecule has 2 saturated heterocycles. The van der Waals surface area contributed by atoms with Crippen molar-refractivity contribution < 1.29 is 38.1 Å². The van der Waals surface area contributed by atoms with Crippen LogP contribution in [0.4, 0.5) is 0 Å². The van der Waals surface area contributed by atoms with Crippen LogP contribution in [0.2, 0.25) is 0 Å². The number of nitrogens with zero attached hydrogens (tertiary/aromatic N) is 1. The molecule has 0 N–H and O–H groups in total. The van der Waals surface area contributed by atoms with Crippen LogP contribution in [0.5, 0.6) is 5.75 Å². The molecule has 0 aliphatic carbocycles. The van der Waals surface area contributed by atoms with Gasteiger partial charge in [0.05, 0.1) is 18.8 Å². The number of esters is 3. The Morgan fingerprint density at radius 2 is 1.67 bits per heavy atom. The number of para-hydroxylation sites is 1. The second kappa shape index (κ2) is 10.5. The monoisotopic (exact) mass is 455 g/mol. The lowest BCUT2D eigenvalue weighted by molar-refractivity contribution is -0.134. The number of ether oxygens (including phenoxy) is 5. The number of rotatable bonds is 8. The van der Waals surface area contributed by atoms with Crippen LogP contribution in [0.3, 0.4) is 0 Å². The Bertz CT molecular complexity index is 995. The lowest BCUT2D eigenvalue weighted by Gasteiger charge is -2.18. The van der Waals surface area contributed by atoms with Gasteiger partial charge in [0.2, 0.25) is 0 Å². The highest BCUT2D eigenvalue weighted by molar-refractivity contribution is 5.93. The zero-order valence-electron chi connectivity index (χ0n) is 18.2. The molecule has 2 aliphatic heterocycles. The Labute approximate surface area is 190 Å². The topological polar surface area (TPSA) is 110 Å². The van der Waals surface area contributed by atoms with Crippen molar-refractivity contribution in [2.75, 3.05) is 13.2 Å². The lowest BCUT2D eigenvalue weighted by Crippen LogP contribution is -2.36. The van der Waals surface area contributed by atoms with Crippen LogP contribution in [0.1, 0.15) is 46.9 Å². The maximum atomic E-state index is 12.8. The molecule has 1 aromatic carbocycles. The number of fused-ring (bicyclic) bond motifs is 1. The summed E-state index contributed by atoms with van der Waals surface area (Å²) in [5.41, 5.74) is 0.468. The summed E-state index contributed by atoms with van der Waals surface area (Å²) < 4.78 is 28.0. The van der Waals surface area contributed by atoms with Crippen molar-refractivity contribution >= 4 is 17.9 Å². The lowest BCUT2D eigenvalue weighted by atomic mass is 10.1. The van der Waals surface area contributed by atoms with Crippen molar-refractivity contribution in [3.8, 4) is 5.75 Å². The first kappa shape index (κ1) is 22.9. The number of hydrogen-bond donors (Lipinski definition) is 0. The highest BCUT2D eigenvalue weighted by Gasteiger charge is 2.51. The van der Waals surface area contributed by atoms with Crippen LogP contribution < -0.4 is 4.74 Å². The zero-order chi connectivity index (χ0) is 23.2. The molecular formula is C24H25NO8. The smallest absolute Gasteiger partial charge is 0.342 e. The fourth-order valence-electron chi connectivity index (χ4n) is 3.74. The predicted octanol–water partition coefficient (Wildman–Crippen LogP) is 2.73. The van der Waals surface area contributed by atoms with E-state index in [1.54, 1.807) is 36.5 Å². The third kappa shape index (κ3) is 5.37. The van der Waals surface area contributed by atoms with Crippen molar-refractivity contribution in [2.24, 2.45) is 0 Å². The van der Waals surface area contributed by atoms with E-state index in [-0.39, 0.29) is 30.9 Å². The average molecular weight is 455 g/mol. The van der Waals surface area contributed by atoms with Crippen LogP contribution >= 0.6 is 0 Å². The Morgan fingerprint density at radius 3 is 2.33 bits per heavy atom. The summed E-state index contributed by atoms with van der Waals surface area (Å²) in [6.07, 6.45) is 2.39. The van der Waals surface area contributed by atoms with Crippen molar-refractivity contribution in [3.05, 3.63) is 59.9 Å². The molecule has 4 atom stereocenters. The molecule has 33 heavy (non-hydrogen) atoms. The maximum absolute atomic E-state index is 12.8. The third-order valence-electron chi connectivity index (χ3n) is 5.44. The summed E-state index contributed by atoms with van der Waals surface area (Å²) in [5.74, 6) is -1.43. The van der Waals surface area contributed by atoms with Crippen molar-refractivity contribution in [2.45, 2.75) is 50.6 Å². The first-order valence-electron chi connectivity index (χ1n) is 10.9. The van der Waals surface area contributed by atoms with Crippen molar-refractivity contribution in [1.29, 1.82) is 0 Å². The second-order valence-corrected chi connectivity index (χ2v) is 7.80. The van der Waals surface area contributed by atoms with E-state index in [0.29, 0.717) is 12.0 Å². The fourth-order valence-corrected chi connectivity index (χ4v) is 3.74. The molecule has 1 aromatic heterocycles. The molecule has 1 unspecified atom stereocenters. The van der Waals surface area contributed by atoms with E-state index in [1.807, 2.05) is 6.92 Å². The van der Waals surface area contributed by atoms with Crippen molar-refractivity contribution in [1.82, 2.24) is 4.98 Å². The normalized spacial score (nSPS) is 23.5. The van der Waals surface area contributed by atoms with Gasteiger partial charge in [0.1, 0.15) is 23.5 Å². The number of carbonyl (C=O) groups excluding carboxylic acids is 3. The van der Waals surface area contributed by atoms with Gasteiger partial charge in [0.25, 0.3) is 0 Å². The Hall–Kier alpha value is -3.30. The van der Waals surface area contributed by atoms with E-state index in [1.165, 1.54) is 12.3 Å². The van der Waals surface area contributed by atoms with Gasteiger partial charge in [0, 0.05) is 18.8 Å². The molecule has 2 aromatic rings. The van der Waals surface area contributed by atoms with Gasteiger partial charge in [-0.1, -0.05) is 25.5 Å². The summed E-state index contributed by atoms with van der Waals surface area (Å²) in [4.78, 5) is 41.1. The van der Waals surface area contributed by atoms with Crippen LogP contribution in [0.15, 0.2) is 48.8 Å². The molecule has 2 aliphatic rings. The number of unbranched alkanes of at least 4 members (excludes halogenated alkanes) is 1. The minimum Gasteiger partial charge on any atom is -0.453 e. The molecule has 3 heterocycles. The van der Waals surface area contributed by atoms with E-state index in [4.69, 9.17) is 23.7 Å². The summed E-state index contributed by atoms with van der Waals surface area (Å²) in [5, 5.41) is 0. The van der Waals surface area contributed by atoms with E-state index >= 15 is 0 Å². The zero-order valence-corrected chi connectivity index (χ0v) is 18.2. The highest BCUT2D eigenvalue weighted by Crippen LogP contribution is 2.32. The van der Waals surface area contributed by atoms with E-state index in [2.05, 4.69) is 4.98 Å². The predicted molar refractivity (Wildman–Crippen MR) is 114 cm³/mol. The maximum Gasteiger partial charge on any atom is 0.342 e. The van der Waals surface area contributed by atoms with Crippen LogP contribution in [0.25, 0.3) is 0 Å². The summed E-state index contributed by atoms with van der Waals surface area (Å²) in [7, 11) is 0. The summed E-state index contributed by atoms with van der Waals surface area (Å²) in [6, 6.07) is 9.67. The van der Waals surface area contributed by atoms with Gasteiger partial charge >= 0.3 is 17.9 Å².